The van der Waals surface area contributed by atoms with E-state index in [0.717, 1.165) is 18.7 Å². The summed E-state index contributed by atoms with van der Waals surface area (Å²) in [5.41, 5.74) is 1.63. The van der Waals surface area contributed by atoms with E-state index in [-0.39, 0.29) is 0 Å². The minimum absolute atomic E-state index is 0.568. The molecule has 12 heavy (non-hydrogen) atoms. The Labute approximate surface area is 92.4 Å². The Morgan fingerprint density at radius 2 is 2.25 bits per heavy atom. The predicted octanol–water partition coefficient (Wildman–Crippen LogP) is 3.88. The quantitative estimate of drug-likeness (QED) is 0.822. The average Bonchev–Trinajstić information content (AvgIpc) is 2.28. The van der Waals surface area contributed by atoms with Gasteiger partial charge in [0.1, 0.15) is 6.10 Å². The second-order valence-corrected chi connectivity index (χ2v) is 6.28. The van der Waals surface area contributed by atoms with E-state index in [1.165, 1.54) is 0 Å². The van der Waals surface area contributed by atoms with Crippen molar-refractivity contribution in [1.82, 2.24) is 0 Å². The summed E-state index contributed by atoms with van der Waals surface area (Å²) in [6.07, 6.45) is -0.568. The van der Waals surface area contributed by atoms with Crippen LogP contribution < -0.4 is 0 Å². The van der Waals surface area contributed by atoms with Crippen molar-refractivity contribution in [3.8, 4) is 0 Å². The van der Waals surface area contributed by atoms with Gasteiger partial charge in [0, 0.05) is 5.56 Å². The van der Waals surface area contributed by atoms with Crippen molar-refractivity contribution in [3.05, 3.63) is 31.4 Å². The molecule has 0 spiro atoms. The lowest BCUT2D eigenvalue weighted by Gasteiger charge is -2.07. The second kappa shape index (κ2) is 4.05. The Bertz CT molecular complexity index is 306. The van der Waals surface area contributed by atoms with E-state index in [1.54, 1.807) is 11.3 Å². The number of rotatable bonds is 2. The summed E-state index contributed by atoms with van der Waals surface area (Å²) in [6, 6.07) is 1.90. The molecule has 0 fully saturated rings. The van der Waals surface area contributed by atoms with Crippen molar-refractivity contribution < 1.29 is 5.11 Å². The van der Waals surface area contributed by atoms with Crippen LogP contribution >= 0.6 is 43.2 Å². The Kier molecular flexibility index (Phi) is 3.52. The SMILES string of the molecule is C=C(C)C(O)c1cc(Br)sc1Br. The summed E-state index contributed by atoms with van der Waals surface area (Å²) in [6.45, 7) is 5.51. The average molecular weight is 312 g/mol. The molecule has 1 atom stereocenters. The smallest absolute Gasteiger partial charge is 0.101 e. The van der Waals surface area contributed by atoms with Gasteiger partial charge in [-0.05, 0) is 50.4 Å². The molecule has 1 aromatic rings. The zero-order valence-corrected chi connectivity index (χ0v) is 10.5. The number of hydrogen-bond acceptors (Lipinski definition) is 2. The summed E-state index contributed by atoms with van der Waals surface area (Å²) in [4.78, 5) is 0. The van der Waals surface area contributed by atoms with Gasteiger partial charge in [-0.1, -0.05) is 6.58 Å². The van der Waals surface area contributed by atoms with Gasteiger partial charge >= 0.3 is 0 Å². The summed E-state index contributed by atoms with van der Waals surface area (Å²) in [7, 11) is 0. The highest BCUT2D eigenvalue weighted by Gasteiger charge is 2.14. The van der Waals surface area contributed by atoms with Crippen LogP contribution in [0.25, 0.3) is 0 Å². The van der Waals surface area contributed by atoms with Crippen LogP contribution in [-0.4, -0.2) is 5.11 Å². The van der Waals surface area contributed by atoms with Crippen LogP contribution in [0.3, 0.4) is 0 Å². The third kappa shape index (κ3) is 2.19. The number of aliphatic hydroxyl groups is 1. The molecular formula is C8H8Br2OS. The Morgan fingerprint density at radius 1 is 1.67 bits per heavy atom. The molecular weight excluding hydrogens is 304 g/mol. The van der Waals surface area contributed by atoms with E-state index in [1.807, 2.05) is 13.0 Å². The molecule has 0 saturated carbocycles. The fraction of sp³-hybridized carbons (Fsp3) is 0.250. The molecule has 0 bridgehead atoms. The molecule has 0 aliphatic carbocycles. The molecule has 0 radical (unpaired) electrons. The second-order valence-electron chi connectivity index (χ2n) is 2.53. The van der Waals surface area contributed by atoms with Crippen LogP contribution in [0.5, 0.6) is 0 Å². The van der Waals surface area contributed by atoms with Gasteiger partial charge in [0.05, 0.1) is 7.57 Å². The van der Waals surface area contributed by atoms with Crippen molar-refractivity contribution >= 4 is 43.2 Å². The van der Waals surface area contributed by atoms with E-state index in [2.05, 4.69) is 38.4 Å². The number of hydrogen-bond donors (Lipinski definition) is 1. The Morgan fingerprint density at radius 3 is 2.58 bits per heavy atom. The van der Waals surface area contributed by atoms with Crippen molar-refractivity contribution in [1.29, 1.82) is 0 Å². The van der Waals surface area contributed by atoms with Crippen molar-refractivity contribution in [2.24, 2.45) is 0 Å². The summed E-state index contributed by atoms with van der Waals surface area (Å²) < 4.78 is 1.95. The molecule has 4 heteroatoms. The van der Waals surface area contributed by atoms with Crippen LogP contribution in [-0.2, 0) is 0 Å². The molecule has 0 aliphatic heterocycles. The largest absolute Gasteiger partial charge is 0.384 e. The topological polar surface area (TPSA) is 20.2 Å². The maximum atomic E-state index is 9.65. The normalized spacial score (nSPS) is 13.0. The van der Waals surface area contributed by atoms with Crippen LogP contribution in [0, 0.1) is 0 Å². The maximum absolute atomic E-state index is 9.65. The first-order valence-corrected chi connectivity index (χ1v) is 5.71. The van der Waals surface area contributed by atoms with E-state index >= 15 is 0 Å². The van der Waals surface area contributed by atoms with Gasteiger partial charge < -0.3 is 5.11 Å². The van der Waals surface area contributed by atoms with Crippen LogP contribution in [0.4, 0.5) is 0 Å². The Balaban J connectivity index is 3.02. The highest BCUT2D eigenvalue weighted by atomic mass is 79.9. The van der Waals surface area contributed by atoms with Crippen LogP contribution in [0.1, 0.15) is 18.6 Å². The first-order chi connectivity index (χ1) is 5.52. The molecule has 1 aromatic heterocycles. The molecule has 1 N–H and O–H groups in total. The monoisotopic (exact) mass is 310 g/mol. The highest BCUT2D eigenvalue weighted by Crippen LogP contribution is 2.37. The molecule has 0 amide bonds. The minimum atomic E-state index is -0.568. The van der Waals surface area contributed by atoms with Crippen molar-refractivity contribution in [3.63, 3.8) is 0 Å². The van der Waals surface area contributed by atoms with E-state index in [0.29, 0.717) is 0 Å². The van der Waals surface area contributed by atoms with Crippen molar-refractivity contribution in [2.75, 3.05) is 0 Å². The lowest BCUT2D eigenvalue weighted by molar-refractivity contribution is 0.216. The summed E-state index contributed by atoms with van der Waals surface area (Å²) >= 11 is 8.27. The lowest BCUT2D eigenvalue weighted by atomic mass is 10.1. The third-order valence-electron chi connectivity index (χ3n) is 1.44. The van der Waals surface area contributed by atoms with Crippen molar-refractivity contribution in [2.45, 2.75) is 13.0 Å². The molecule has 66 valence electrons. The van der Waals surface area contributed by atoms with Gasteiger partial charge in [-0.3, -0.25) is 0 Å². The minimum Gasteiger partial charge on any atom is -0.384 e. The zero-order chi connectivity index (χ0) is 9.30. The zero-order valence-electron chi connectivity index (χ0n) is 6.47. The maximum Gasteiger partial charge on any atom is 0.101 e. The third-order valence-corrected chi connectivity index (χ3v) is 3.83. The first-order valence-electron chi connectivity index (χ1n) is 3.30. The van der Waals surface area contributed by atoms with Gasteiger partial charge in [-0.15, -0.1) is 11.3 Å². The Hall–Kier alpha value is 0.360. The standard InChI is InChI=1S/C8H8Br2OS/c1-4(2)7(11)5-3-6(9)12-8(5)10/h3,7,11H,1H2,2H3. The fourth-order valence-corrected chi connectivity index (χ4v) is 3.69. The van der Waals surface area contributed by atoms with Gasteiger partial charge in [0.25, 0.3) is 0 Å². The van der Waals surface area contributed by atoms with E-state index < -0.39 is 6.10 Å². The van der Waals surface area contributed by atoms with E-state index in [9.17, 15) is 5.11 Å². The number of halogens is 2. The molecule has 1 heterocycles. The number of thiophene rings is 1. The fourth-order valence-electron chi connectivity index (χ4n) is 0.805. The molecule has 0 aliphatic rings. The van der Waals surface area contributed by atoms with E-state index in [4.69, 9.17) is 0 Å². The molecule has 1 rings (SSSR count). The van der Waals surface area contributed by atoms with Gasteiger partial charge in [0.2, 0.25) is 0 Å². The highest BCUT2D eigenvalue weighted by molar-refractivity contribution is 9.12. The predicted molar refractivity (Wildman–Crippen MR) is 59.5 cm³/mol. The molecule has 0 saturated heterocycles. The molecule has 1 nitrogen and oxygen atoms in total. The molecule has 0 aromatic carbocycles. The summed E-state index contributed by atoms with van der Waals surface area (Å²) in [5, 5.41) is 9.65. The van der Waals surface area contributed by atoms with Gasteiger partial charge in [0.15, 0.2) is 0 Å². The number of aliphatic hydroxyl groups excluding tert-OH is 1. The van der Waals surface area contributed by atoms with Crippen LogP contribution in [0.15, 0.2) is 25.8 Å². The lowest BCUT2D eigenvalue weighted by Crippen LogP contribution is -1.95. The summed E-state index contributed by atoms with van der Waals surface area (Å²) in [5.74, 6) is 0. The van der Waals surface area contributed by atoms with Crippen LogP contribution in [0.2, 0.25) is 0 Å². The van der Waals surface area contributed by atoms with Gasteiger partial charge in [-0.25, -0.2) is 0 Å². The first kappa shape index (κ1) is 10.4. The molecule has 1 unspecified atom stereocenters. The van der Waals surface area contributed by atoms with Gasteiger partial charge in [-0.2, -0.15) is 0 Å².